The van der Waals surface area contributed by atoms with Crippen LogP contribution in [0.5, 0.6) is 0 Å². The van der Waals surface area contributed by atoms with E-state index >= 15 is 0 Å². The third kappa shape index (κ3) is 5.20. The molecule has 6 nitrogen and oxygen atoms in total. The number of amides is 1. The van der Waals surface area contributed by atoms with Crippen LogP contribution >= 0.6 is 0 Å². The summed E-state index contributed by atoms with van der Waals surface area (Å²) < 4.78 is 9.39. The number of rotatable bonds is 6. The van der Waals surface area contributed by atoms with E-state index in [2.05, 4.69) is 10.1 Å². The van der Waals surface area contributed by atoms with Crippen LogP contribution in [-0.2, 0) is 25.7 Å². The second kappa shape index (κ2) is 7.86. The third-order valence-electron chi connectivity index (χ3n) is 2.32. The highest BCUT2D eigenvalue weighted by atomic mass is 16.6. The van der Waals surface area contributed by atoms with E-state index in [0.717, 1.165) is 5.56 Å². The first-order valence-electron chi connectivity index (χ1n) is 5.66. The van der Waals surface area contributed by atoms with Crippen molar-refractivity contribution in [2.24, 2.45) is 0 Å². The molecule has 0 saturated carbocycles. The predicted molar refractivity (Wildman–Crippen MR) is 66.2 cm³/mol. The molecule has 0 aromatic heterocycles. The standard InChI is InChI=1S/C13H15NO5/c1-18-12(16)11(7-8-15)14-13(17)19-9-10-5-3-2-4-6-10/h2-6,8,11H,7,9H2,1H3,(H,14,17). The molecule has 0 heterocycles. The summed E-state index contributed by atoms with van der Waals surface area (Å²) >= 11 is 0. The lowest BCUT2D eigenvalue weighted by Gasteiger charge is -2.13. The van der Waals surface area contributed by atoms with E-state index in [1.807, 2.05) is 18.2 Å². The summed E-state index contributed by atoms with van der Waals surface area (Å²) in [6, 6.07) is 8.07. The molecule has 1 aromatic rings. The van der Waals surface area contributed by atoms with Crippen molar-refractivity contribution < 1.29 is 23.9 Å². The van der Waals surface area contributed by atoms with Crippen molar-refractivity contribution >= 4 is 18.3 Å². The van der Waals surface area contributed by atoms with E-state index in [0.29, 0.717) is 6.29 Å². The molecule has 102 valence electrons. The number of alkyl carbamates (subject to hydrolysis) is 1. The van der Waals surface area contributed by atoms with Gasteiger partial charge in [-0.1, -0.05) is 30.3 Å². The fourth-order valence-corrected chi connectivity index (χ4v) is 1.36. The Hall–Kier alpha value is -2.37. The van der Waals surface area contributed by atoms with Gasteiger partial charge in [0.25, 0.3) is 0 Å². The molecule has 1 atom stereocenters. The van der Waals surface area contributed by atoms with Crippen LogP contribution in [0.15, 0.2) is 30.3 Å². The monoisotopic (exact) mass is 265 g/mol. The fraction of sp³-hybridized carbons (Fsp3) is 0.308. The molecule has 0 fully saturated rings. The van der Waals surface area contributed by atoms with E-state index in [9.17, 15) is 14.4 Å². The molecule has 1 unspecified atom stereocenters. The second-order valence-corrected chi connectivity index (χ2v) is 3.68. The van der Waals surface area contributed by atoms with Crippen LogP contribution in [0.3, 0.4) is 0 Å². The van der Waals surface area contributed by atoms with Gasteiger partial charge in [-0.3, -0.25) is 0 Å². The van der Waals surface area contributed by atoms with Crippen LogP contribution in [0.25, 0.3) is 0 Å². The molecule has 1 aromatic carbocycles. The molecule has 6 heteroatoms. The Labute approximate surface area is 110 Å². The Morgan fingerprint density at radius 2 is 2.00 bits per heavy atom. The van der Waals surface area contributed by atoms with Crippen LogP contribution in [0.2, 0.25) is 0 Å². The van der Waals surface area contributed by atoms with Gasteiger partial charge in [0.05, 0.1) is 7.11 Å². The van der Waals surface area contributed by atoms with E-state index < -0.39 is 18.1 Å². The van der Waals surface area contributed by atoms with E-state index in [1.54, 1.807) is 12.1 Å². The van der Waals surface area contributed by atoms with E-state index in [4.69, 9.17) is 4.74 Å². The van der Waals surface area contributed by atoms with Gasteiger partial charge < -0.3 is 19.6 Å². The minimum Gasteiger partial charge on any atom is -0.467 e. The number of nitrogens with one attached hydrogen (secondary N) is 1. The fourth-order valence-electron chi connectivity index (χ4n) is 1.36. The van der Waals surface area contributed by atoms with Gasteiger partial charge in [0.1, 0.15) is 18.9 Å². The topological polar surface area (TPSA) is 81.7 Å². The molecule has 0 aliphatic carbocycles. The lowest BCUT2D eigenvalue weighted by atomic mass is 10.2. The van der Waals surface area contributed by atoms with Gasteiger partial charge in [-0.25, -0.2) is 9.59 Å². The van der Waals surface area contributed by atoms with Crippen molar-refractivity contribution in [1.82, 2.24) is 5.32 Å². The zero-order valence-corrected chi connectivity index (χ0v) is 10.5. The van der Waals surface area contributed by atoms with Gasteiger partial charge >= 0.3 is 12.1 Å². The molecule has 0 aliphatic rings. The van der Waals surface area contributed by atoms with Gasteiger partial charge in [0.15, 0.2) is 0 Å². The SMILES string of the molecule is COC(=O)C(CC=O)NC(=O)OCc1ccccc1. The van der Waals surface area contributed by atoms with Crippen molar-refractivity contribution in [3.8, 4) is 0 Å². The lowest BCUT2D eigenvalue weighted by molar-refractivity contribution is -0.143. The molecule has 1 amide bonds. The van der Waals surface area contributed by atoms with Gasteiger partial charge in [-0.15, -0.1) is 0 Å². The molecule has 0 saturated heterocycles. The highest BCUT2D eigenvalue weighted by Gasteiger charge is 2.21. The average Bonchev–Trinajstić information content (AvgIpc) is 2.45. The van der Waals surface area contributed by atoms with E-state index in [1.165, 1.54) is 7.11 Å². The predicted octanol–water partition coefficient (Wildman–Crippen LogP) is 1.04. The van der Waals surface area contributed by atoms with Gasteiger partial charge in [-0.05, 0) is 5.56 Å². The Kier molecular flexibility index (Phi) is 6.08. The van der Waals surface area contributed by atoms with E-state index in [-0.39, 0.29) is 13.0 Å². The molecule has 1 N–H and O–H groups in total. The van der Waals surface area contributed by atoms with Gasteiger partial charge in [0, 0.05) is 6.42 Å². The van der Waals surface area contributed by atoms with Crippen LogP contribution in [-0.4, -0.2) is 31.5 Å². The lowest BCUT2D eigenvalue weighted by Crippen LogP contribution is -2.42. The molecular formula is C13H15NO5. The normalized spacial score (nSPS) is 11.2. The number of ether oxygens (including phenoxy) is 2. The number of esters is 1. The zero-order chi connectivity index (χ0) is 14.1. The highest BCUT2D eigenvalue weighted by Crippen LogP contribution is 2.01. The van der Waals surface area contributed by atoms with Crippen LogP contribution < -0.4 is 5.32 Å². The van der Waals surface area contributed by atoms with Crippen molar-refractivity contribution in [2.75, 3.05) is 7.11 Å². The maximum atomic E-state index is 11.5. The summed E-state index contributed by atoms with van der Waals surface area (Å²) in [5.41, 5.74) is 0.822. The largest absolute Gasteiger partial charge is 0.467 e. The number of carbonyl (C=O) groups excluding carboxylic acids is 3. The maximum Gasteiger partial charge on any atom is 0.408 e. The Balaban J connectivity index is 2.44. The van der Waals surface area contributed by atoms with Crippen LogP contribution in [0.1, 0.15) is 12.0 Å². The highest BCUT2D eigenvalue weighted by molar-refractivity contribution is 5.83. The minimum atomic E-state index is -1.02. The molecule has 1 rings (SSSR count). The maximum absolute atomic E-state index is 11.5. The van der Waals surface area contributed by atoms with Gasteiger partial charge in [-0.2, -0.15) is 0 Å². The van der Waals surface area contributed by atoms with Crippen molar-refractivity contribution in [1.29, 1.82) is 0 Å². The Morgan fingerprint density at radius 1 is 1.32 bits per heavy atom. The van der Waals surface area contributed by atoms with Crippen molar-refractivity contribution in [3.63, 3.8) is 0 Å². The van der Waals surface area contributed by atoms with Crippen molar-refractivity contribution in [2.45, 2.75) is 19.1 Å². The summed E-state index contributed by atoms with van der Waals surface area (Å²) in [7, 11) is 1.18. The number of hydrogen-bond acceptors (Lipinski definition) is 5. The van der Waals surface area contributed by atoms with Crippen LogP contribution in [0.4, 0.5) is 4.79 Å². The molecule has 0 spiro atoms. The molecule has 0 bridgehead atoms. The first-order valence-corrected chi connectivity index (χ1v) is 5.66. The number of carbonyl (C=O) groups is 3. The minimum absolute atomic E-state index is 0.0850. The number of methoxy groups -OCH3 is 1. The summed E-state index contributed by atoms with van der Waals surface area (Å²) in [5, 5.41) is 2.27. The second-order valence-electron chi connectivity index (χ2n) is 3.68. The summed E-state index contributed by atoms with van der Waals surface area (Å²) in [4.78, 5) is 33.1. The summed E-state index contributed by atoms with van der Waals surface area (Å²) in [5.74, 6) is -0.691. The number of aldehydes is 1. The Bertz CT molecular complexity index is 432. The molecule has 0 radical (unpaired) electrons. The summed E-state index contributed by atoms with van der Waals surface area (Å²) in [6.45, 7) is 0.0850. The number of hydrogen-bond donors (Lipinski definition) is 1. The van der Waals surface area contributed by atoms with Crippen molar-refractivity contribution in [3.05, 3.63) is 35.9 Å². The Morgan fingerprint density at radius 3 is 2.58 bits per heavy atom. The zero-order valence-electron chi connectivity index (χ0n) is 10.5. The van der Waals surface area contributed by atoms with Crippen LogP contribution in [0, 0.1) is 0 Å². The first-order chi connectivity index (χ1) is 9.17. The average molecular weight is 265 g/mol. The first kappa shape index (κ1) is 14.7. The molecule has 19 heavy (non-hydrogen) atoms. The van der Waals surface area contributed by atoms with Gasteiger partial charge in [0.2, 0.25) is 0 Å². The third-order valence-corrected chi connectivity index (χ3v) is 2.32. The summed E-state index contributed by atoms with van der Waals surface area (Å²) in [6.07, 6.45) is -0.410. The number of benzene rings is 1. The molecule has 0 aliphatic heterocycles. The quantitative estimate of drug-likeness (QED) is 0.614. The molecular weight excluding hydrogens is 250 g/mol. The smallest absolute Gasteiger partial charge is 0.408 e.